The molecule has 0 fully saturated rings. The van der Waals surface area contributed by atoms with Crippen LogP contribution in [0.25, 0.3) is 0 Å². The number of hydrogen-bond acceptors (Lipinski definition) is 5. The van der Waals surface area contributed by atoms with Gasteiger partial charge in [0.2, 0.25) is 0 Å². The van der Waals surface area contributed by atoms with E-state index in [-0.39, 0.29) is 11.7 Å². The summed E-state index contributed by atoms with van der Waals surface area (Å²) in [6.07, 6.45) is 6.25. The Balaban J connectivity index is 1.98. The molecule has 86 valence electrons. The molecular formula is C12H11N3OS. The lowest BCUT2D eigenvalue weighted by molar-refractivity contribution is 0.0953. The van der Waals surface area contributed by atoms with Crippen molar-refractivity contribution in [3.05, 3.63) is 40.7 Å². The van der Waals surface area contributed by atoms with Crippen LogP contribution in [-0.2, 0) is 6.42 Å². The second-order valence-electron chi connectivity index (χ2n) is 4.14. The average Bonchev–Trinajstić information content (AvgIpc) is 2.91. The molecule has 2 heterocycles. The smallest absolute Gasteiger partial charge is 0.185 e. The van der Waals surface area contributed by atoms with Gasteiger partial charge in [0.05, 0.1) is 17.8 Å². The van der Waals surface area contributed by atoms with Crippen molar-refractivity contribution in [2.24, 2.45) is 0 Å². The molecule has 0 bridgehead atoms. The summed E-state index contributed by atoms with van der Waals surface area (Å²) in [7, 11) is 0. The number of hydrogen-bond donors (Lipinski definition) is 0. The highest BCUT2D eigenvalue weighted by atomic mass is 32.1. The topological polar surface area (TPSA) is 55.7 Å². The van der Waals surface area contributed by atoms with E-state index in [1.54, 1.807) is 12.4 Å². The molecule has 2 aromatic heterocycles. The fourth-order valence-electron chi connectivity index (χ4n) is 2.31. The predicted octanol–water partition coefficient (Wildman–Crippen LogP) is 2.24. The fraction of sp³-hybridized carbons (Fsp3) is 0.333. The zero-order valence-electron chi connectivity index (χ0n) is 9.17. The molecule has 5 heteroatoms. The monoisotopic (exact) mass is 245 g/mol. The van der Waals surface area contributed by atoms with Crippen LogP contribution in [0.4, 0.5) is 0 Å². The van der Waals surface area contributed by atoms with E-state index in [4.69, 9.17) is 0 Å². The highest BCUT2D eigenvalue weighted by molar-refractivity contribution is 7.07. The van der Waals surface area contributed by atoms with E-state index in [9.17, 15) is 4.79 Å². The van der Waals surface area contributed by atoms with Crippen LogP contribution in [0, 0.1) is 0 Å². The van der Waals surface area contributed by atoms with E-state index in [0.29, 0.717) is 4.88 Å². The fourth-order valence-corrected chi connectivity index (χ4v) is 2.82. The van der Waals surface area contributed by atoms with Gasteiger partial charge in [-0.05, 0) is 42.4 Å². The minimum Gasteiger partial charge on any atom is -0.292 e. The van der Waals surface area contributed by atoms with Gasteiger partial charge in [-0.25, -0.2) is 0 Å². The quantitative estimate of drug-likeness (QED) is 0.761. The van der Waals surface area contributed by atoms with Crippen LogP contribution < -0.4 is 0 Å². The molecule has 0 spiro atoms. The van der Waals surface area contributed by atoms with E-state index in [1.165, 1.54) is 5.56 Å². The van der Waals surface area contributed by atoms with Gasteiger partial charge >= 0.3 is 0 Å². The van der Waals surface area contributed by atoms with E-state index in [1.807, 2.05) is 6.07 Å². The largest absolute Gasteiger partial charge is 0.292 e. The number of ketones is 1. The summed E-state index contributed by atoms with van der Waals surface area (Å²) in [6, 6.07) is 3.99. The van der Waals surface area contributed by atoms with Crippen LogP contribution in [0.1, 0.15) is 39.7 Å². The van der Waals surface area contributed by atoms with Gasteiger partial charge in [-0.1, -0.05) is 10.6 Å². The number of rotatable bonds is 2. The Bertz CT molecular complexity index is 538. The molecule has 3 rings (SSSR count). The van der Waals surface area contributed by atoms with Gasteiger partial charge in [0.15, 0.2) is 5.78 Å². The van der Waals surface area contributed by atoms with Gasteiger partial charge in [-0.3, -0.25) is 9.78 Å². The summed E-state index contributed by atoms with van der Waals surface area (Å²) < 4.78 is 3.74. The molecule has 0 radical (unpaired) electrons. The Labute approximate surface area is 103 Å². The Morgan fingerprint density at radius 2 is 2.41 bits per heavy atom. The second kappa shape index (κ2) is 4.33. The van der Waals surface area contributed by atoms with Gasteiger partial charge in [-0.15, -0.1) is 5.10 Å². The molecule has 2 aromatic rings. The first-order chi connectivity index (χ1) is 8.36. The molecule has 1 atom stereocenters. The number of aryl methyl sites for hydroxylation is 1. The van der Waals surface area contributed by atoms with Gasteiger partial charge in [0.25, 0.3) is 0 Å². The van der Waals surface area contributed by atoms with Crippen LogP contribution in [0.3, 0.4) is 0 Å². The molecule has 0 N–H and O–H groups in total. The molecule has 1 unspecified atom stereocenters. The molecule has 0 aliphatic heterocycles. The van der Waals surface area contributed by atoms with Crippen LogP contribution in [0.5, 0.6) is 0 Å². The number of carbonyl (C=O) groups is 1. The Hall–Kier alpha value is -1.62. The van der Waals surface area contributed by atoms with Crippen molar-refractivity contribution in [1.29, 1.82) is 0 Å². The number of carbonyl (C=O) groups excluding carboxylic acids is 1. The van der Waals surface area contributed by atoms with E-state index >= 15 is 0 Å². The molecule has 0 saturated heterocycles. The Kier molecular flexibility index (Phi) is 2.68. The first-order valence-corrected chi connectivity index (χ1v) is 6.39. The second-order valence-corrected chi connectivity index (χ2v) is 4.92. The van der Waals surface area contributed by atoms with Crippen molar-refractivity contribution in [3.63, 3.8) is 0 Å². The molecule has 0 amide bonds. The molecule has 1 aliphatic carbocycles. The normalized spacial score (nSPS) is 18.7. The van der Waals surface area contributed by atoms with Crippen LogP contribution in [0.15, 0.2) is 24.5 Å². The van der Waals surface area contributed by atoms with Gasteiger partial charge in [-0.2, -0.15) is 0 Å². The maximum Gasteiger partial charge on any atom is 0.185 e. The van der Waals surface area contributed by atoms with Crippen molar-refractivity contribution in [1.82, 2.24) is 14.6 Å². The van der Waals surface area contributed by atoms with Gasteiger partial charge in [0, 0.05) is 6.20 Å². The maximum atomic E-state index is 12.3. The van der Waals surface area contributed by atoms with E-state index in [2.05, 4.69) is 20.6 Å². The Morgan fingerprint density at radius 3 is 3.24 bits per heavy atom. The van der Waals surface area contributed by atoms with Crippen molar-refractivity contribution in [3.8, 4) is 0 Å². The average molecular weight is 245 g/mol. The van der Waals surface area contributed by atoms with Gasteiger partial charge < -0.3 is 0 Å². The minimum atomic E-state index is -0.109. The Morgan fingerprint density at radius 1 is 1.47 bits per heavy atom. The lowest BCUT2D eigenvalue weighted by Crippen LogP contribution is -2.19. The third-order valence-corrected chi connectivity index (χ3v) is 3.79. The highest BCUT2D eigenvalue weighted by Gasteiger charge is 2.29. The first kappa shape index (κ1) is 10.5. The minimum absolute atomic E-state index is 0.109. The van der Waals surface area contributed by atoms with Gasteiger partial charge in [0.1, 0.15) is 4.88 Å². The number of nitrogens with zero attached hydrogens (tertiary/aromatic N) is 3. The molecular weight excluding hydrogens is 234 g/mol. The maximum absolute atomic E-state index is 12.3. The first-order valence-electron chi connectivity index (χ1n) is 5.61. The van der Waals surface area contributed by atoms with Crippen LogP contribution >= 0.6 is 11.5 Å². The van der Waals surface area contributed by atoms with Crippen molar-refractivity contribution in [2.75, 3.05) is 0 Å². The summed E-state index contributed by atoms with van der Waals surface area (Å²) in [5, 5.41) is 3.72. The zero-order valence-corrected chi connectivity index (χ0v) is 9.98. The number of Topliss-reactive ketones (excluding diaryl/α,β-unsaturated/α-hetero) is 1. The predicted molar refractivity (Wildman–Crippen MR) is 64.2 cm³/mol. The highest BCUT2D eigenvalue weighted by Crippen LogP contribution is 2.32. The third kappa shape index (κ3) is 1.86. The molecule has 4 nitrogen and oxygen atoms in total. The summed E-state index contributed by atoms with van der Waals surface area (Å²) in [5.41, 5.74) is 2.15. The zero-order chi connectivity index (χ0) is 11.7. The lowest BCUT2D eigenvalue weighted by Gasteiger charge is -2.22. The van der Waals surface area contributed by atoms with E-state index < -0.39 is 0 Å². The van der Waals surface area contributed by atoms with Crippen molar-refractivity contribution >= 4 is 17.3 Å². The van der Waals surface area contributed by atoms with Crippen LogP contribution in [0.2, 0.25) is 0 Å². The summed E-state index contributed by atoms with van der Waals surface area (Å²) >= 11 is 1.16. The number of fused-ring (bicyclic) bond motifs is 1. The SMILES string of the molecule is O=C(c1cnns1)C1CCCc2cccnc21. The summed E-state index contributed by atoms with van der Waals surface area (Å²) in [6.45, 7) is 0. The molecule has 17 heavy (non-hydrogen) atoms. The summed E-state index contributed by atoms with van der Waals surface area (Å²) in [4.78, 5) is 17.3. The third-order valence-electron chi connectivity index (χ3n) is 3.12. The standard InChI is InChI=1S/C12H11N3OS/c16-12(10-7-14-15-17-10)9-5-1-3-8-4-2-6-13-11(8)9/h2,4,6-7,9H,1,3,5H2. The molecule has 1 aliphatic rings. The summed E-state index contributed by atoms with van der Waals surface area (Å²) in [5.74, 6) is 0.00171. The molecule has 0 aromatic carbocycles. The number of pyridine rings is 1. The van der Waals surface area contributed by atoms with E-state index in [0.717, 1.165) is 36.5 Å². The molecule has 0 saturated carbocycles. The van der Waals surface area contributed by atoms with Crippen molar-refractivity contribution < 1.29 is 4.79 Å². The lowest BCUT2D eigenvalue weighted by atomic mass is 9.84. The van der Waals surface area contributed by atoms with Crippen LogP contribution in [-0.4, -0.2) is 20.4 Å². The number of aromatic nitrogens is 3. The van der Waals surface area contributed by atoms with Crippen molar-refractivity contribution in [2.45, 2.75) is 25.2 Å².